The highest BCUT2D eigenvalue weighted by Gasteiger charge is 2.40. The zero-order valence-corrected chi connectivity index (χ0v) is 24.7. The molecular formula is C28H40N8O8. The monoisotopic (exact) mass is 616 g/mol. The molecule has 16 nitrogen and oxygen atoms in total. The molecule has 0 aromatic rings. The van der Waals surface area contributed by atoms with E-state index in [1.54, 1.807) is 0 Å². The standard InChI is InChI=1S/C28H40N8O8/c37-21-13-30-26(42)18-6-2-11-35(18)23(39)15-32-28(44)20-8-4-12-36(20)24(40)16-31-27(43)19-7-3-10-34(19)22(38)14-29-25(41)17-5-1-9-33(17)21/h17-20H,1-16H2,(H,29,41)(H,30,42)(H,31,43)(H,32,44)/t17-,18-,19-,20-/m0/s1. The molecule has 0 unspecified atom stereocenters. The highest BCUT2D eigenvalue weighted by molar-refractivity contribution is 5.97. The average Bonchev–Trinajstić information content (AvgIpc) is 3.84. The lowest BCUT2D eigenvalue weighted by Gasteiger charge is -2.28. The molecule has 0 aromatic heterocycles. The van der Waals surface area contributed by atoms with Crippen LogP contribution in [0, 0.1) is 0 Å². The fourth-order valence-corrected chi connectivity index (χ4v) is 6.88. The van der Waals surface area contributed by atoms with E-state index in [2.05, 4.69) is 21.3 Å². The summed E-state index contributed by atoms with van der Waals surface area (Å²) >= 11 is 0. The predicted molar refractivity (Wildman–Crippen MR) is 151 cm³/mol. The van der Waals surface area contributed by atoms with Gasteiger partial charge in [0, 0.05) is 26.2 Å². The van der Waals surface area contributed by atoms with Crippen LogP contribution in [0.1, 0.15) is 51.4 Å². The van der Waals surface area contributed by atoms with Gasteiger partial charge in [-0.1, -0.05) is 0 Å². The van der Waals surface area contributed by atoms with Crippen LogP contribution in [-0.4, -0.2) is 143 Å². The first kappa shape index (κ1) is 31.2. The van der Waals surface area contributed by atoms with E-state index in [9.17, 15) is 38.4 Å². The number of nitrogens with zero attached hydrogens (tertiary/aromatic N) is 4. The molecule has 44 heavy (non-hydrogen) atoms. The van der Waals surface area contributed by atoms with E-state index < -0.39 is 71.4 Å². The average molecular weight is 617 g/mol. The molecule has 0 radical (unpaired) electrons. The van der Waals surface area contributed by atoms with Crippen molar-refractivity contribution in [3.63, 3.8) is 0 Å². The summed E-state index contributed by atoms with van der Waals surface area (Å²) < 4.78 is 0. The minimum atomic E-state index is -0.802. The van der Waals surface area contributed by atoms with E-state index in [0.717, 1.165) is 0 Å². The Balaban J connectivity index is 1.31. The van der Waals surface area contributed by atoms with Gasteiger partial charge in [-0.25, -0.2) is 0 Å². The van der Waals surface area contributed by atoms with Gasteiger partial charge in [0.1, 0.15) is 24.2 Å². The van der Waals surface area contributed by atoms with Crippen molar-refractivity contribution >= 4 is 47.3 Å². The van der Waals surface area contributed by atoms with Crippen molar-refractivity contribution in [2.24, 2.45) is 0 Å². The molecule has 16 heteroatoms. The molecule has 0 aliphatic carbocycles. The smallest absolute Gasteiger partial charge is 0.243 e. The molecule has 5 heterocycles. The molecule has 5 rings (SSSR count). The Morgan fingerprint density at radius 1 is 0.364 bits per heavy atom. The third-order valence-corrected chi connectivity index (χ3v) is 9.16. The topological polar surface area (TPSA) is 198 Å². The lowest BCUT2D eigenvalue weighted by atomic mass is 10.2. The summed E-state index contributed by atoms with van der Waals surface area (Å²) in [4.78, 5) is 110. The van der Waals surface area contributed by atoms with Crippen LogP contribution in [-0.2, 0) is 38.4 Å². The molecule has 0 saturated carbocycles. The van der Waals surface area contributed by atoms with Gasteiger partial charge in [0.2, 0.25) is 47.3 Å². The quantitative estimate of drug-likeness (QED) is 0.214. The van der Waals surface area contributed by atoms with Gasteiger partial charge in [0.15, 0.2) is 0 Å². The van der Waals surface area contributed by atoms with E-state index in [1.165, 1.54) is 19.6 Å². The van der Waals surface area contributed by atoms with E-state index in [-0.39, 0.29) is 26.2 Å². The Hall–Kier alpha value is -4.24. The van der Waals surface area contributed by atoms with Crippen LogP contribution in [0.15, 0.2) is 0 Å². The molecule has 4 atom stereocenters. The third-order valence-electron chi connectivity index (χ3n) is 9.16. The minimum Gasteiger partial charge on any atom is -0.345 e. The van der Waals surface area contributed by atoms with Gasteiger partial charge in [0.25, 0.3) is 0 Å². The van der Waals surface area contributed by atoms with Crippen LogP contribution < -0.4 is 21.3 Å². The van der Waals surface area contributed by atoms with Gasteiger partial charge in [-0.05, 0) is 51.4 Å². The summed E-state index contributed by atoms with van der Waals surface area (Å²) in [6.45, 7) is -0.139. The van der Waals surface area contributed by atoms with E-state index in [1.807, 2.05) is 0 Å². The summed E-state index contributed by atoms with van der Waals surface area (Å²) in [5.41, 5.74) is 0. The number of hydrogen-bond acceptors (Lipinski definition) is 8. The predicted octanol–water partition coefficient (Wildman–Crippen LogP) is -3.57. The molecule has 5 fully saturated rings. The Morgan fingerprint density at radius 3 is 0.773 bits per heavy atom. The van der Waals surface area contributed by atoms with Crippen LogP contribution >= 0.6 is 0 Å². The molecule has 0 aromatic carbocycles. The van der Waals surface area contributed by atoms with Gasteiger partial charge in [0.05, 0.1) is 26.2 Å². The van der Waals surface area contributed by atoms with Crippen molar-refractivity contribution in [3.05, 3.63) is 0 Å². The SMILES string of the molecule is O=C1NCC(=O)N2CCC[C@H]2C(=O)NCC(=O)N2CCC[C@H]2C(=O)NCC(=O)N2CCC[C@H]2C(=O)NCC(=O)N2CCC[C@@H]12. The zero-order valence-electron chi connectivity index (χ0n) is 24.7. The molecule has 5 aliphatic heterocycles. The van der Waals surface area contributed by atoms with Gasteiger partial charge >= 0.3 is 0 Å². The fourth-order valence-electron chi connectivity index (χ4n) is 6.88. The van der Waals surface area contributed by atoms with Gasteiger partial charge < -0.3 is 40.9 Å². The minimum absolute atomic E-state index is 0.319. The number of carbonyl (C=O) groups is 8. The van der Waals surface area contributed by atoms with Gasteiger partial charge in [-0.15, -0.1) is 0 Å². The molecule has 5 aliphatic rings. The summed E-state index contributed by atoms with van der Waals surface area (Å²) in [6, 6.07) is -3.21. The number of fused-ring (bicyclic) bond motifs is 4. The molecule has 240 valence electrons. The molecule has 0 spiro atoms. The first-order chi connectivity index (χ1) is 21.2. The van der Waals surface area contributed by atoms with Crippen LogP contribution in [0.4, 0.5) is 0 Å². The van der Waals surface area contributed by atoms with Crippen molar-refractivity contribution in [2.75, 3.05) is 52.4 Å². The van der Waals surface area contributed by atoms with E-state index in [4.69, 9.17) is 0 Å². The van der Waals surface area contributed by atoms with Crippen molar-refractivity contribution in [1.29, 1.82) is 0 Å². The molecule has 0 bridgehead atoms. The number of carbonyl (C=O) groups excluding carboxylic acids is 8. The van der Waals surface area contributed by atoms with Crippen molar-refractivity contribution in [3.8, 4) is 0 Å². The van der Waals surface area contributed by atoms with Crippen molar-refractivity contribution in [1.82, 2.24) is 40.9 Å². The number of amides is 8. The highest BCUT2D eigenvalue weighted by atomic mass is 16.2. The maximum atomic E-state index is 13.0. The zero-order chi connectivity index (χ0) is 31.4. The van der Waals surface area contributed by atoms with Crippen LogP contribution in [0.3, 0.4) is 0 Å². The highest BCUT2D eigenvalue weighted by Crippen LogP contribution is 2.21. The number of rotatable bonds is 0. The maximum Gasteiger partial charge on any atom is 0.243 e. The third kappa shape index (κ3) is 6.63. The van der Waals surface area contributed by atoms with Crippen LogP contribution in [0.2, 0.25) is 0 Å². The van der Waals surface area contributed by atoms with Gasteiger partial charge in [-0.3, -0.25) is 38.4 Å². The van der Waals surface area contributed by atoms with E-state index in [0.29, 0.717) is 77.5 Å². The molecule has 5 saturated heterocycles. The van der Waals surface area contributed by atoms with Crippen LogP contribution in [0.25, 0.3) is 0 Å². The lowest BCUT2D eigenvalue weighted by Crippen LogP contribution is -2.55. The first-order valence-electron chi connectivity index (χ1n) is 15.4. The van der Waals surface area contributed by atoms with Crippen LogP contribution in [0.5, 0.6) is 0 Å². The molecule has 4 N–H and O–H groups in total. The first-order valence-corrected chi connectivity index (χ1v) is 15.4. The normalized spacial score (nSPS) is 30.2. The second-order valence-electron chi connectivity index (χ2n) is 11.9. The largest absolute Gasteiger partial charge is 0.345 e. The Kier molecular flexibility index (Phi) is 9.64. The molecular weight excluding hydrogens is 576 g/mol. The number of hydrogen-bond donors (Lipinski definition) is 4. The summed E-state index contributed by atoms with van der Waals surface area (Å²) in [6.07, 6.45) is 3.91. The summed E-state index contributed by atoms with van der Waals surface area (Å²) in [5.74, 6) is -3.79. The van der Waals surface area contributed by atoms with Gasteiger partial charge in [-0.2, -0.15) is 0 Å². The van der Waals surface area contributed by atoms with Crippen molar-refractivity contribution in [2.45, 2.75) is 75.5 Å². The fraction of sp³-hybridized carbons (Fsp3) is 0.714. The second-order valence-corrected chi connectivity index (χ2v) is 11.9. The Bertz CT molecular complexity index is 954. The number of nitrogens with one attached hydrogen (secondary N) is 4. The summed E-state index contributed by atoms with van der Waals surface area (Å²) in [5, 5.41) is 10.4. The molecule has 8 amide bonds. The maximum absolute atomic E-state index is 13.0. The second kappa shape index (κ2) is 13.6. The summed E-state index contributed by atoms with van der Waals surface area (Å²) in [7, 11) is 0. The Labute approximate surface area is 254 Å². The Morgan fingerprint density at radius 2 is 0.568 bits per heavy atom. The van der Waals surface area contributed by atoms with Crippen molar-refractivity contribution < 1.29 is 38.4 Å². The van der Waals surface area contributed by atoms with E-state index >= 15 is 0 Å². The lowest BCUT2D eigenvalue weighted by molar-refractivity contribution is -0.143.